The van der Waals surface area contributed by atoms with Gasteiger partial charge in [0.05, 0.1) is 12.2 Å². The van der Waals surface area contributed by atoms with Crippen LogP contribution < -0.4 is 0 Å². The predicted molar refractivity (Wildman–Crippen MR) is 113 cm³/mol. The molecule has 0 aliphatic heterocycles. The van der Waals surface area contributed by atoms with E-state index in [9.17, 15) is 0 Å². The van der Waals surface area contributed by atoms with Crippen LogP contribution >= 0.6 is 0 Å². The first kappa shape index (κ1) is 22.4. The van der Waals surface area contributed by atoms with Gasteiger partial charge in [-0.3, -0.25) is 4.48 Å². The largest absolute Gasteiger partial charge is 0.335 e. The van der Waals surface area contributed by atoms with E-state index in [4.69, 9.17) is 4.74 Å². The van der Waals surface area contributed by atoms with Crippen LogP contribution in [0, 0.1) is 0 Å². The van der Waals surface area contributed by atoms with Crippen molar-refractivity contribution in [3.63, 3.8) is 0 Å². The molecule has 0 saturated carbocycles. The lowest BCUT2D eigenvalue weighted by Crippen LogP contribution is -2.61. The van der Waals surface area contributed by atoms with Gasteiger partial charge in [0.1, 0.15) is 14.6 Å². The molecule has 1 aromatic rings. The smallest absolute Gasteiger partial charge is 0.183 e. The van der Waals surface area contributed by atoms with Gasteiger partial charge in [0.15, 0.2) is 6.73 Å². The van der Waals surface area contributed by atoms with E-state index < -0.39 is 8.07 Å². The maximum Gasteiger partial charge on any atom is 0.183 e. The average Bonchev–Trinajstić information content (AvgIpc) is 2.54. The lowest BCUT2D eigenvalue weighted by Gasteiger charge is -2.47. The zero-order valence-corrected chi connectivity index (χ0v) is 18.7. The molecule has 144 valence electrons. The highest BCUT2D eigenvalue weighted by Crippen LogP contribution is 2.29. The monoisotopic (exact) mass is 364 g/mol. The van der Waals surface area contributed by atoms with Crippen molar-refractivity contribution < 1.29 is 9.22 Å². The summed E-state index contributed by atoms with van der Waals surface area (Å²) in [6.07, 6.45) is 9.22. The Kier molecular flexibility index (Phi) is 9.99. The van der Waals surface area contributed by atoms with Gasteiger partial charge in [-0.25, -0.2) is 0 Å². The van der Waals surface area contributed by atoms with Gasteiger partial charge < -0.3 is 4.74 Å². The van der Waals surface area contributed by atoms with Crippen LogP contribution in [0.3, 0.4) is 0 Å². The number of methoxy groups -OCH3 is 1. The second kappa shape index (κ2) is 11.2. The van der Waals surface area contributed by atoms with Gasteiger partial charge >= 0.3 is 0 Å². The third-order valence-electron chi connectivity index (χ3n) is 5.05. The van der Waals surface area contributed by atoms with Crippen molar-refractivity contribution in [1.82, 2.24) is 0 Å². The molecule has 0 aliphatic rings. The zero-order chi connectivity index (χ0) is 18.8. The van der Waals surface area contributed by atoms with Crippen LogP contribution in [-0.4, -0.2) is 38.6 Å². The number of hydrogen-bond donors (Lipinski definition) is 0. The molecule has 0 heterocycles. The number of hydrogen-bond acceptors (Lipinski definition) is 1. The molecule has 2 unspecified atom stereocenters. The normalized spacial score (nSPS) is 15.8. The molecule has 2 atom stereocenters. The number of rotatable bonds is 13. The van der Waals surface area contributed by atoms with E-state index in [1.54, 1.807) is 0 Å². The summed E-state index contributed by atoms with van der Waals surface area (Å²) in [4.78, 5) is 0. The fourth-order valence-electron chi connectivity index (χ4n) is 4.31. The number of ether oxygens (including phenoxy) is 1. The van der Waals surface area contributed by atoms with Gasteiger partial charge in [0, 0.05) is 12.7 Å². The molecule has 1 aromatic carbocycles. The number of nitrogens with zero attached hydrogens (tertiary/aromatic N) is 1. The number of quaternary nitrogens is 1. The Bertz CT molecular complexity index is 457. The standard InChI is InChI=1S/C22H42NOSi/c1-7-9-11-17-22(14-8-2)23(19-24-3,20-25(4,5)6)18-21-15-12-10-13-16-21/h10,12-13,15-16,22H,7-9,11,14,17-20H2,1-6H3/q+1. The van der Waals surface area contributed by atoms with E-state index in [1.807, 2.05) is 7.11 Å². The Labute approximate surface area is 158 Å². The Balaban J connectivity index is 3.17. The van der Waals surface area contributed by atoms with Crippen molar-refractivity contribution >= 4 is 8.07 Å². The third-order valence-corrected chi connectivity index (χ3v) is 6.63. The summed E-state index contributed by atoms with van der Waals surface area (Å²) in [7, 11) is 0.655. The van der Waals surface area contributed by atoms with E-state index in [-0.39, 0.29) is 0 Å². The summed E-state index contributed by atoms with van der Waals surface area (Å²) >= 11 is 0. The molecule has 0 saturated heterocycles. The van der Waals surface area contributed by atoms with Crippen LogP contribution in [0.2, 0.25) is 19.6 Å². The second-order valence-corrected chi connectivity index (χ2v) is 14.4. The van der Waals surface area contributed by atoms with Crippen LogP contribution in [0.1, 0.15) is 57.9 Å². The van der Waals surface area contributed by atoms with Crippen molar-refractivity contribution in [3.8, 4) is 0 Å². The van der Waals surface area contributed by atoms with Gasteiger partial charge in [0.2, 0.25) is 0 Å². The van der Waals surface area contributed by atoms with Crippen LogP contribution in [-0.2, 0) is 11.3 Å². The SMILES string of the molecule is CCCCCC(CCC)[N+](COC)(Cc1ccccc1)C[Si](C)(C)C. The molecule has 0 amide bonds. The molecular formula is C22H42NOSi+. The molecule has 0 N–H and O–H groups in total. The minimum Gasteiger partial charge on any atom is -0.335 e. The van der Waals surface area contributed by atoms with E-state index >= 15 is 0 Å². The van der Waals surface area contributed by atoms with E-state index in [2.05, 4.69) is 63.8 Å². The van der Waals surface area contributed by atoms with Crippen LogP contribution in [0.15, 0.2) is 30.3 Å². The van der Waals surface area contributed by atoms with E-state index in [1.165, 1.54) is 50.3 Å². The Morgan fingerprint density at radius 3 is 2.16 bits per heavy atom. The first-order valence-corrected chi connectivity index (χ1v) is 14.0. The quantitative estimate of drug-likeness (QED) is 0.174. The molecule has 25 heavy (non-hydrogen) atoms. The molecular weight excluding hydrogens is 322 g/mol. The van der Waals surface area contributed by atoms with Crippen LogP contribution in [0.5, 0.6) is 0 Å². The summed E-state index contributed by atoms with van der Waals surface area (Å²) in [6.45, 7) is 14.1. The molecule has 0 radical (unpaired) electrons. The minimum absolute atomic E-state index is 0.712. The van der Waals surface area contributed by atoms with Crippen molar-refractivity contribution in [2.75, 3.05) is 20.0 Å². The van der Waals surface area contributed by atoms with Crippen molar-refractivity contribution in [2.24, 2.45) is 0 Å². The van der Waals surface area contributed by atoms with Crippen LogP contribution in [0.4, 0.5) is 0 Å². The fourth-order valence-corrected chi connectivity index (χ4v) is 6.67. The van der Waals surface area contributed by atoms with E-state index in [0.29, 0.717) is 6.04 Å². The first-order chi connectivity index (χ1) is 11.9. The van der Waals surface area contributed by atoms with Gasteiger partial charge in [-0.1, -0.05) is 83.1 Å². The summed E-state index contributed by atoms with van der Waals surface area (Å²) in [6, 6.07) is 11.8. The van der Waals surface area contributed by atoms with Crippen LogP contribution in [0.25, 0.3) is 0 Å². The summed E-state index contributed by atoms with van der Waals surface area (Å²) in [5, 5.41) is 0. The molecule has 0 spiro atoms. The molecule has 0 bridgehead atoms. The van der Waals surface area contributed by atoms with Crippen molar-refractivity contribution in [2.45, 2.75) is 84.6 Å². The topological polar surface area (TPSA) is 9.23 Å². The molecule has 2 nitrogen and oxygen atoms in total. The average molecular weight is 365 g/mol. The molecule has 1 rings (SSSR count). The van der Waals surface area contributed by atoms with Gasteiger partial charge in [0.25, 0.3) is 0 Å². The second-order valence-electron chi connectivity index (χ2n) is 8.94. The molecule has 0 aromatic heterocycles. The number of unbranched alkanes of at least 4 members (excludes halogenated alkanes) is 2. The molecule has 0 aliphatic carbocycles. The van der Waals surface area contributed by atoms with Gasteiger partial charge in [-0.15, -0.1) is 0 Å². The Morgan fingerprint density at radius 2 is 1.64 bits per heavy atom. The Hall–Kier alpha value is -0.643. The maximum atomic E-state index is 5.85. The summed E-state index contributed by atoms with van der Waals surface area (Å²) < 4.78 is 6.97. The highest BCUT2D eigenvalue weighted by Gasteiger charge is 2.40. The van der Waals surface area contributed by atoms with Gasteiger partial charge in [-0.05, 0) is 19.3 Å². The van der Waals surface area contributed by atoms with E-state index in [0.717, 1.165) is 17.8 Å². The molecule has 3 heteroatoms. The lowest BCUT2D eigenvalue weighted by atomic mass is 9.99. The maximum absolute atomic E-state index is 5.85. The number of benzene rings is 1. The fraction of sp³-hybridized carbons (Fsp3) is 0.727. The summed E-state index contributed by atoms with van der Waals surface area (Å²) in [5.41, 5.74) is 1.45. The lowest BCUT2D eigenvalue weighted by molar-refractivity contribution is -0.972. The highest BCUT2D eigenvalue weighted by molar-refractivity contribution is 6.76. The highest BCUT2D eigenvalue weighted by atomic mass is 28.3. The van der Waals surface area contributed by atoms with Crippen molar-refractivity contribution in [1.29, 1.82) is 0 Å². The predicted octanol–water partition coefficient (Wildman–Crippen LogP) is 6.23. The zero-order valence-electron chi connectivity index (χ0n) is 17.7. The van der Waals surface area contributed by atoms with Crippen molar-refractivity contribution in [3.05, 3.63) is 35.9 Å². The Morgan fingerprint density at radius 1 is 0.960 bits per heavy atom. The summed E-state index contributed by atoms with van der Waals surface area (Å²) in [5.74, 6) is 0. The first-order valence-electron chi connectivity index (χ1n) is 10.3. The minimum atomic E-state index is -1.23. The molecule has 0 fully saturated rings. The third kappa shape index (κ3) is 8.06. The van der Waals surface area contributed by atoms with Gasteiger partial charge in [-0.2, -0.15) is 0 Å².